The summed E-state index contributed by atoms with van der Waals surface area (Å²) in [7, 11) is 0. The third-order valence-electron chi connectivity index (χ3n) is 5.46. The van der Waals surface area contributed by atoms with E-state index in [9.17, 15) is 4.79 Å². The molecule has 0 N–H and O–H groups in total. The third-order valence-corrected chi connectivity index (χ3v) is 6.34. The number of thiophene rings is 1. The maximum atomic E-state index is 12.6. The first-order valence-corrected chi connectivity index (χ1v) is 10.9. The summed E-state index contributed by atoms with van der Waals surface area (Å²) in [5.41, 5.74) is 1.45. The number of morpholine rings is 1. The van der Waals surface area contributed by atoms with Gasteiger partial charge in [-0.1, -0.05) is 11.3 Å². The lowest BCUT2D eigenvalue weighted by molar-refractivity contribution is -0.138. The zero-order chi connectivity index (χ0) is 19.6. The Labute approximate surface area is 172 Å². The predicted octanol–water partition coefficient (Wildman–Crippen LogP) is 1.35. The van der Waals surface area contributed by atoms with Crippen molar-refractivity contribution < 1.29 is 9.53 Å². The van der Waals surface area contributed by atoms with E-state index in [1.807, 2.05) is 22.4 Å². The van der Waals surface area contributed by atoms with Crippen molar-refractivity contribution in [2.75, 3.05) is 37.7 Å². The highest BCUT2D eigenvalue weighted by Gasteiger charge is 2.27. The van der Waals surface area contributed by atoms with Gasteiger partial charge in [0.1, 0.15) is 6.33 Å². The van der Waals surface area contributed by atoms with E-state index in [4.69, 9.17) is 4.74 Å². The molecule has 1 unspecified atom stereocenters. The van der Waals surface area contributed by atoms with Crippen LogP contribution < -0.4 is 4.90 Å². The molecule has 0 spiro atoms. The molecule has 5 heterocycles. The second kappa shape index (κ2) is 8.03. The lowest BCUT2D eigenvalue weighted by atomic mass is 10.2. The average molecular weight is 414 g/mol. The van der Waals surface area contributed by atoms with E-state index >= 15 is 0 Å². The Balaban J connectivity index is 1.29. The Morgan fingerprint density at radius 1 is 1.24 bits per heavy atom. The number of carbonyl (C=O) groups excluding carboxylic acids is 1. The summed E-state index contributed by atoms with van der Waals surface area (Å²) in [5, 5.41) is 10.7. The molecule has 2 aliphatic heterocycles. The van der Waals surface area contributed by atoms with Crippen molar-refractivity contribution >= 4 is 34.2 Å². The van der Waals surface area contributed by atoms with Crippen LogP contribution >= 0.6 is 11.3 Å². The molecule has 2 aliphatic rings. The molecule has 0 aliphatic carbocycles. The minimum Gasteiger partial charge on any atom is -0.373 e. The number of ether oxygens (including phenoxy) is 1. The molecule has 2 saturated heterocycles. The van der Waals surface area contributed by atoms with Gasteiger partial charge in [-0.05, 0) is 24.3 Å². The highest BCUT2D eigenvalue weighted by molar-refractivity contribution is 7.10. The first-order valence-electron chi connectivity index (χ1n) is 9.99. The van der Waals surface area contributed by atoms with Gasteiger partial charge in [-0.2, -0.15) is 0 Å². The quantitative estimate of drug-likeness (QED) is 0.624. The summed E-state index contributed by atoms with van der Waals surface area (Å²) in [5.74, 6) is 0.999. The summed E-state index contributed by atoms with van der Waals surface area (Å²) < 4.78 is 7.68. The topological polar surface area (TPSA) is 89.3 Å². The SMILES string of the molecule is O=C(Cc1cccs1)N1CCOC(Cn2nnc3c(N4CCCC4)ncnc32)C1. The fraction of sp³-hybridized carbons (Fsp3) is 0.526. The van der Waals surface area contributed by atoms with Crippen molar-refractivity contribution in [3.05, 3.63) is 28.7 Å². The maximum absolute atomic E-state index is 12.6. The van der Waals surface area contributed by atoms with Gasteiger partial charge in [0, 0.05) is 31.1 Å². The molecule has 29 heavy (non-hydrogen) atoms. The van der Waals surface area contributed by atoms with Crippen molar-refractivity contribution in [1.82, 2.24) is 29.9 Å². The van der Waals surface area contributed by atoms with E-state index in [0.29, 0.717) is 38.3 Å². The smallest absolute Gasteiger partial charge is 0.227 e. The Bertz CT molecular complexity index is 984. The fourth-order valence-electron chi connectivity index (χ4n) is 3.99. The molecule has 1 atom stereocenters. The Hall–Kier alpha value is -2.59. The summed E-state index contributed by atoms with van der Waals surface area (Å²) >= 11 is 1.61. The summed E-state index contributed by atoms with van der Waals surface area (Å²) in [6.07, 6.45) is 4.24. The van der Waals surface area contributed by atoms with Crippen molar-refractivity contribution in [2.24, 2.45) is 0 Å². The van der Waals surface area contributed by atoms with E-state index in [0.717, 1.165) is 29.3 Å². The largest absolute Gasteiger partial charge is 0.373 e. The Morgan fingerprint density at radius 2 is 2.14 bits per heavy atom. The van der Waals surface area contributed by atoms with E-state index in [1.165, 1.54) is 12.8 Å². The van der Waals surface area contributed by atoms with Gasteiger partial charge in [0.05, 0.1) is 25.7 Å². The van der Waals surface area contributed by atoms with E-state index in [-0.39, 0.29) is 12.0 Å². The lowest BCUT2D eigenvalue weighted by Gasteiger charge is -2.32. The van der Waals surface area contributed by atoms with Gasteiger partial charge in [0.15, 0.2) is 17.0 Å². The summed E-state index contributed by atoms with van der Waals surface area (Å²) in [6.45, 7) is 4.20. The molecule has 0 radical (unpaired) electrons. The molecule has 10 heteroatoms. The third kappa shape index (κ3) is 3.82. The normalized spacial score (nSPS) is 19.9. The highest BCUT2D eigenvalue weighted by Crippen LogP contribution is 2.24. The van der Waals surface area contributed by atoms with Crippen molar-refractivity contribution in [2.45, 2.75) is 31.9 Å². The highest BCUT2D eigenvalue weighted by atomic mass is 32.1. The zero-order valence-electron chi connectivity index (χ0n) is 16.1. The van der Waals surface area contributed by atoms with Gasteiger partial charge >= 0.3 is 0 Å². The predicted molar refractivity (Wildman–Crippen MR) is 109 cm³/mol. The Morgan fingerprint density at radius 3 is 2.97 bits per heavy atom. The van der Waals surface area contributed by atoms with Crippen LogP contribution in [0.3, 0.4) is 0 Å². The molecule has 0 aromatic carbocycles. The number of hydrogen-bond donors (Lipinski definition) is 0. The van der Waals surface area contributed by atoms with Crippen molar-refractivity contribution in [3.63, 3.8) is 0 Å². The monoisotopic (exact) mass is 413 g/mol. The molecule has 152 valence electrons. The standard InChI is InChI=1S/C19H23N7O2S/c27-16(10-15-4-3-9-29-15)25-7-8-28-14(11-25)12-26-19-17(22-23-26)18(20-13-21-19)24-5-1-2-6-24/h3-4,9,13-14H,1-2,5-8,10-12H2. The van der Waals surface area contributed by atoms with Crippen LogP contribution in [0.25, 0.3) is 11.2 Å². The van der Waals surface area contributed by atoms with E-state index < -0.39 is 0 Å². The maximum Gasteiger partial charge on any atom is 0.227 e. The van der Waals surface area contributed by atoms with Crippen LogP contribution in [0.5, 0.6) is 0 Å². The van der Waals surface area contributed by atoms with Gasteiger partial charge in [0.25, 0.3) is 0 Å². The number of aromatic nitrogens is 5. The van der Waals surface area contributed by atoms with Crippen molar-refractivity contribution in [3.8, 4) is 0 Å². The first kappa shape index (κ1) is 18.4. The van der Waals surface area contributed by atoms with Crippen LogP contribution in [0.4, 0.5) is 5.82 Å². The number of fused-ring (bicyclic) bond motifs is 1. The molecule has 3 aromatic rings. The van der Waals surface area contributed by atoms with Crippen LogP contribution in [0.2, 0.25) is 0 Å². The first-order chi connectivity index (χ1) is 14.3. The van der Waals surface area contributed by atoms with Crippen LogP contribution in [0, 0.1) is 0 Å². The summed E-state index contributed by atoms with van der Waals surface area (Å²) in [4.78, 5) is 26.7. The fourth-order valence-corrected chi connectivity index (χ4v) is 4.68. The summed E-state index contributed by atoms with van der Waals surface area (Å²) in [6, 6.07) is 3.98. The molecule has 0 bridgehead atoms. The second-order valence-electron chi connectivity index (χ2n) is 7.42. The minimum absolute atomic E-state index is 0.133. The average Bonchev–Trinajstić information content (AvgIpc) is 3.51. The van der Waals surface area contributed by atoms with Gasteiger partial charge < -0.3 is 14.5 Å². The van der Waals surface area contributed by atoms with Crippen LogP contribution in [-0.4, -0.2) is 74.7 Å². The van der Waals surface area contributed by atoms with E-state index in [1.54, 1.807) is 22.3 Å². The van der Waals surface area contributed by atoms with Crippen LogP contribution in [0.1, 0.15) is 17.7 Å². The van der Waals surface area contributed by atoms with Crippen LogP contribution in [0.15, 0.2) is 23.8 Å². The number of carbonyl (C=O) groups is 1. The number of nitrogens with zero attached hydrogens (tertiary/aromatic N) is 7. The van der Waals surface area contributed by atoms with Crippen LogP contribution in [-0.2, 0) is 22.5 Å². The molecular weight excluding hydrogens is 390 g/mol. The Kier molecular flexibility index (Phi) is 5.11. The lowest BCUT2D eigenvalue weighted by Crippen LogP contribution is -2.47. The molecule has 2 fully saturated rings. The molecule has 5 rings (SSSR count). The minimum atomic E-state index is -0.133. The molecule has 1 amide bonds. The number of anilines is 1. The molecular formula is C19H23N7O2S. The molecule has 9 nitrogen and oxygen atoms in total. The number of rotatable bonds is 5. The second-order valence-corrected chi connectivity index (χ2v) is 8.46. The van der Waals surface area contributed by atoms with Gasteiger partial charge in [0.2, 0.25) is 5.91 Å². The van der Waals surface area contributed by atoms with Gasteiger partial charge in [-0.25, -0.2) is 14.6 Å². The zero-order valence-corrected chi connectivity index (χ0v) is 16.9. The number of hydrogen-bond acceptors (Lipinski definition) is 8. The van der Waals surface area contributed by atoms with E-state index in [2.05, 4.69) is 25.2 Å². The van der Waals surface area contributed by atoms with Crippen molar-refractivity contribution in [1.29, 1.82) is 0 Å². The van der Waals surface area contributed by atoms with Gasteiger partial charge in [-0.15, -0.1) is 16.4 Å². The molecule has 3 aromatic heterocycles. The van der Waals surface area contributed by atoms with Gasteiger partial charge in [-0.3, -0.25) is 4.79 Å². The molecule has 0 saturated carbocycles. The number of amides is 1.